The molecule has 0 atom stereocenters. The first-order chi connectivity index (χ1) is 18.3. The van der Waals surface area contributed by atoms with Gasteiger partial charge in [-0.15, -0.1) is 0 Å². The van der Waals surface area contributed by atoms with Gasteiger partial charge in [0.15, 0.2) is 18.1 Å². The molecule has 0 aliphatic rings. The lowest BCUT2D eigenvalue weighted by Crippen LogP contribution is -2.38. The summed E-state index contributed by atoms with van der Waals surface area (Å²) in [5, 5.41) is 9.82. The molecule has 3 amide bonds. The molecule has 0 aliphatic heterocycles. The summed E-state index contributed by atoms with van der Waals surface area (Å²) in [7, 11) is 0. The topological polar surface area (TPSA) is 118 Å². The molecule has 38 heavy (non-hydrogen) atoms. The average molecular weight is 557 g/mol. The number of ether oxygens (including phenoxy) is 2. The van der Waals surface area contributed by atoms with E-state index in [1.807, 2.05) is 30.3 Å². The van der Waals surface area contributed by atoms with Crippen LogP contribution in [0.3, 0.4) is 0 Å². The van der Waals surface area contributed by atoms with Crippen LogP contribution in [0.2, 0.25) is 10.0 Å². The summed E-state index contributed by atoms with van der Waals surface area (Å²) in [6.45, 7) is 2.19. The highest BCUT2D eigenvalue weighted by molar-refractivity contribution is 6.35. The SMILES string of the molecule is CCOc1cc(/C=N/NC(=O)C(=O)NCCc2ccccc2)ccc1OCC(=O)Nc1cc(Cl)cc(Cl)c1. The van der Waals surface area contributed by atoms with Crippen LogP contribution in [0.25, 0.3) is 0 Å². The minimum atomic E-state index is -0.883. The van der Waals surface area contributed by atoms with Gasteiger partial charge in [-0.2, -0.15) is 5.10 Å². The summed E-state index contributed by atoms with van der Waals surface area (Å²) in [6.07, 6.45) is 1.96. The molecule has 0 spiro atoms. The smallest absolute Gasteiger partial charge is 0.329 e. The van der Waals surface area contributed by atoms with E-state index in [2.05, 4.69) is 21.2 Å². The number of rotatable bonds is 11. The Hall–Kier alpha value is -4.08. The Morgan fingerprint density at radius 2 is 1.63 bits per heavy atom. The van der Waals surface area contributed by atoms with Gasteiger partial charge in [0, 0.05) is 22.3 Å². The second kappa shape index (κ2) is 14.6. The summed E-state index contributed by atoms with van der Waals surface area (Å²) in [5.41, 5.74) is 4.26. The Kier molecular flexibility index (Phi) is 11.0. The summed E-state index contributed by atoms with van der Waals surface area (Å²) in [5.74, 6) is -1.37. The van der Waals surface area contributed by atoms with Gasteiger partial charge in [-0.05, 0) is 60.9 Å². The highest BCUT2D eigenvalue weighted by Gasteiger charge is 2.12. The zero-order chi connectivity index (χ0) is 27.3. The fourth-order valence-corrected chi connectivity index (χ4v) is 3.75. The maximum atomic E-state index is 12.3. The zero-order valence-electron chi connectivity index (χ0n) is 20.5. The molecule has 3 aromatic rings. The number of benzene rings is 3. The molecule has 11 heteroatoms. The normalized spacial score (nSPS) is 10.6. The lowest BCUT2D eigenvalue weighted by atomic mass is 10.1. The number of carbonyl (C=O) groups excluding carboxylic acids is 3. The quantitative estimate of drug-likeness (QED) is 0.185. The molecule has 3 aromatic carbocycles. The van der Waals surface area contributed by atoms with Crippen molar-refractivity contribution >= 4 is 52.8 Å². The number of nitrogens with zero attached hydrogens (tertiary/aromatic N) is 1. The van der Waals surface area contributed by atoms with E-state index < -0.39 is 17.7 Å². The van der Waals surface area contributed by atoms with Gasteiger partial charge in [0.2, 0.25) is 0 Å². The Bertz CT molecular complexity index is 1280. The van der Waals surface area contributed by atoms with E-state index in [0.717, 1.165) is 5.56 Å². The molecule has 9 nitrogen and oxygen atoms in total. The number of anilines is 1. The maximum Gasteiger partial charge on any atom is 0.329 e. The van der Waals surface area contributed by atoms with Crippen molar-refractivity contribution in [3.05, 3.63) is 87.9 Å². The zero-order valence-corrected chi connectivity index (χ0v) is 22.0. The van der Waals surface area contributed by atoms with E-state index in [1.54, 1.807) is 43.3 Å². The number of hydrogen-bond acceptors (Lipinski definition) is 6. The van der Waals surface area contributed by atoms with Gasteiger partial charge in [0.05, 0.1) is 12.8 Å². The lowest BCUT2D eigenvalue weighted by Gasteiger charge is -2.13. The Morgan fingerprint density at radius 1 is 0.895 bits per heavy atom. The van der Waals surface area contributed by atoms with Gasteiger partial charge in [-0.1, -0.05) is 53.5 Å². The molecule has 0 fully saturated rings. The van der Waals surface area contributed by atoms with Crippen LogP contribution in [0.15, 0.2) is 71.8 Å². The van der Waals surface area contributed by atoms with Crippen LogP contribution in [0.4, 0.5) is 5.69 Å². The van der Waals surface area contributed by atoms with Gasteiger partial charge in [-0.3, -0.25) is 14.4 Å². The molecule has 0 aliphatic carbocycles. The molecule has 0 bridgehead atoms. The molecular formula is C27H26Cl2N4O5. The Balaban J connectivity index is 1.50. The molecule has 3 N–H and O–H groups in total. The maximum absolute atomic E-state index is 12.3. The summed E-state index contributed by atoms with van der Waals surface area (Å²) >= 11 is 11.9. The molecule has 0 aromatic heterocycles. The van der Waals surface area contributed by atoms with Gasteiger partial charge in [-0.25, -0.2) is 5.43 Å². The van der Waals surface area contributed by atoms with E-state index in [4.69, 9.17) is 32.7 Å². The number of hydrazone groups is 1. The molecule has 0 heterocycles. The van der Waals surface area contributed by atoms with Crippen molar-refractivity contribution in [2.45, 2.75) is 13.3 Å². The third-order valence-electron chi connectivity index (χ3n) is 4.90. The van der Waals surface area contributed by atoms with Crippen LogP contribution in [0.1, 0.15) is 18.1 Å². The number of nitrogens with one attached hydrogen (secondary N) is 3. The molecule has 0 saturated carbocycles. The molecule has 0 radical (unpaired) electrons. The summed E-state index contributed by atoms with van der Waals surface area (Å²) in [4.78, 5) is 36.2. The second-order valence-electron chi connectivity index (χ2n) is 7.82. The van der Waals surface area contributed by atoms with Crippen LogP contribution >= 0.6 is 23.2 Å². The van der Waals surface area contributed by atoms with Crippen LogP contribution in [0.5, 0.6) is 11.5 Å². The first kappa shape index (κ1) is 28.5. The molecule has 198 valence electrons. The van der Waals surface area contributed by atoms with E-state index in [1.165, 1.54) is 6.21 Å². The third kappa shape index (κ3) is 9.42. The minimum Gasteiger partial charge on any atom is -0.490 e. The first-order valence-corrected chi connectivity index (χ1v) is 12.4. The van der Waals surface area contributed by atoms with Gasteiger partial charge in [0.1, 0.15) is 0 Å². The molecular weight excluding hydrogens is 531 g/mol. The Morgan fingerprint density at radius 3 is 2.34 bits per heavy atom. The molecule has 3 rings (SSSR count). The summed E-state index contributed by atoms with van der Waals surface area (Å²) in [6, 6.07) is 19.2. The van der Waals surface area contributed by atoms with Gasteiger partial charge >= 0.3 is 11.8 Å². The van der Waals surface area contributed by atoms with E-state index in [-0.39, 0.29) is 6.61 Å². The predicted molar refractivity (Wildman–Crippen MR) is 147 cm³/mol. The van der Waals surface area contributed by atoms with Crippen LogP contribution in [-0.4, -0.2) is 43.7 Å². The highest BCUT2D eigenvalue weighted by atomic mass is 35.5. The van der Waals surface area contributed by atoms with Crippen LogP contribution in [-0.2, 0) is 20.8 Å². The number of amides is 3. The van der Waals surface area contributed by atoms with Crippen molar-refractivity contribution in [1.82, 2.24) is 10.7 Å². The van der Waals surface area contributed by atoms with Gasteiger partial charge < -0.3 is 20.1 Å². The van der Waals surface area contributed by atoms with Crippen molar-refractivity contribution < 1.29 is 23.9 Å². The predicted octanol–water partition coefficient (Wildman–Crippen LogP) is 4.22. The van der Waals surface area contributed by atoms with Crippen molar-refractivity contribution in [2.75, 3.05) is 25.1 Å². The van der Waals surface area contributed by atoms with E-state index >= 15 is 0 Å². The average Bonchev–Trinajstić information content (AvgIpc) is 2.88. The summed E-state index contributed by atoms with van der Waals surface area (Å²) < 4.78 is 11.2. The highest BCUT2D eigenvalue weighted by Crippen LogP contribution is 2.28. The lowest BCUT2D eigenvalue weighted by molar-refractivity contribution is -0.139. The number of halogens is 2. The van der Waals surface area contributed by atoms with Gasteiger partial charge in [0.25, 0.3) is 5.91 Å². The fourth-order valence-electron chi connectivity index (χ4n) is 3.22. The van der Waals surface area contributed by atoms with Crippen LogP contribution in [0, 0.1) is 0 Å². The minimum absolute atomic E-state index is 0.285. The van der Waals surface area contributed by atoms with Crippen molar-refractivity contribution in [3.8, 4) is 11.5 Å². The first-order valence-electron chi connectivity index (χ1n) is 11.6. The van der Waals surface area contributed by atoms with Crippen LogP contribution < -0.4 is 25.5 Å². The van der Waals surface area contributed by atoms with E-state index in [9.17, 15) is 14.4 Å². The third-order valence-corrected chi connectivity index (χ3v) is 5.34. The molecule has 0 saturated heterocycles. The monoisotopic (exact) mass is 556 g/mol. The van der Waals surface area contributed by atoms with Crippen molar-refractivity contribution in [2.24, 2.45) is 5.10 Å². The fraction of sp³-hybridized carbons (Fsp3) is 0.185. The standard InChI is InChI=1S/C27H26Cl2N4O5/c1-2-37-24-12-19(16-31-33-27(36)26(35)30-11-10-18-6-4-3-5-7-18)8-9-23(24)38-17-25(34)32-22-14-20(28)13-21(29)15-22/h3-9,12-16H,2,10-11,17H2,1H3,(H,30,35)(H,32,34)(H,33,36)/b31-16+. The van der Waals surface area contributed by atoms with Crippen molar-refractivity contribution in [1.29, 1.82) is 0 Å². The van der Waals surface area contributed by atoms with Crippen molar-refractivity contribution in [3.63, 3.8) is 0 Å². The van der Waals surface area contributed by atoms with E-state index in [0.29, 0.717) is 52.4 Å². The molecule has 0 unspecified atom stereocenters. The second-order valence-corrected chi connectivity index (χ2v) is 8.70. The number of carbonyl (C=O) groups is 3. The number of hydrogen-bond donors (Lipinski definition) is 3. The Labute approximate surface area is 230 Å². The largest absolute Gasteiger partial charge is 0.490 e.